The number of tetrazole rings is 1. The summed E-state index contributed by atoms with van der Waals surface area (Å²) in [5, 5.41) is 16.7. The minimum atomic E-state index is 0.534. The average Bonchev–Trinajstić information content (AvgIpc) is 3.36. The lowest BCUT2D eigenvalue weighted by atomic mass is 10.0. The largest absolute Gasteiger partial charge is 0.385 e. The van der Waals surface area contributed by atoms with Gasteiger partial charge in [-0.15, -0.1) is 11.3 Å². The van der Waals surface area contributed by atoms with Crippen molar-refractivity contribution in [1.29, 1.82) is 0 Å². The van der Waals surface area contributed by atoms with E-state index in [9.17, 15) is 0 Å². The lowest BCUT2D eigenvalue weighted by molar-refractivity contribution is 0.198. The maximum absolute atomic E-state index is 5.16. The molecule has 4 heterocycles. The van der Waals surface area contributed by atoms with E-state index < -0.39 is 0 Å². The van der Waals surface area contributed by atoms with E-state index in [1.54, 1.807) is 23.0 Å². The van der Waals surface area contributed by atoms with Crippen molar-refractivity contribution in [2.75, 3.05) is 32.1 Å². The van der Waals surface area contributed by atoms with E-state index in [0.717, 1.165) is 56.3 Å². The zero-order chi connectivity index (χ0) is 19.6. The summed E-state index contributed by atoms with van der Waals surface area (Å²) >= 11 is 1.78. The number of hydrogen-bond donors (Lipinski definition) is 1. The lowest BCUT2D eigenvalue weighted by Gasteiger charge is -2.27. The number of methoxy groups -OCH3 is 1. The summed E-state index contributed by atoms with van der Waals surface area (Å²) in [6, 6.07) is 10.7. The molecule has 0 spiro atoms. The third-order valence-corrected chi connectivity index (χ3v) is 6.47. The molecule has 4 aromatic rings. The number of benzene rings is 1. The van der Waals surface area contributed by atoms with Crippen molar-refractivity contribution in [1.82, 2.24) is 29.9 Å². The van der Waals surface area contributed by atoms with E-state index in [0.29, 0.717) is 5.78 Å². The highest BCUT2D eigenvalue weighted by Crippen LogP contribution is 2.38. The van der Waals surface area contributed by atoms with Gasteiger partial charge in [-0.05, 0) is 34.4 Å². The van der Waals surface area contributed by atoms with Gasteiger partial charge in [0.25, 0.3) is 5.78 Å². The van der Waals surface area contributed by atoms with Gasteiger partial charge in [-0.3, -0.25) is 4.90 Å². The molecule has 0 atom stereocenters. The molecule has 8 nitrogen and oxygen atoms in total. The zero-order valence-corrected chi connectivity index (χ0v) is 17.2. The second-order valence-electron chi connectivity index (χ2n) is 7.25. The number of aromatic nitrogens is 5. The van der Waals surface area contributed by atoms with Crippen LogP contribution in [0.1, 0.15) is 22.4 Å². The van der Waals surface area contributed by atoms with Crippen molar-refractivity contribution in [2.45, 2.75) is 25.9 Å². The molecule has 0 unspecified atom stereocenters. The predicted molar refractivity (Wildman–Crippen MR) is 113 cm³/mol. The van der Waals surface area contributed by atoms with Crippen LogP contribution in [-0.2, 0) is 24.2 Å². The molecule has 0 saturated heterocycles. The third-order valence-electron chi connectivity index (χ3n) is 5.28. The Kier molecular flexibility index (Phi) is 5.09. The SMILES string of the molecule is COCCCNc1nc2nnnn2c2sc3c(c12)CCN(Cc1ccccc1)C3. The molecule has 5 rings (SSSR count). The quantitative estimate of drug-likeness (QED) is 0.470. The van der Waals surface area contributed by atoms with E-state index in [1.807, 2.05) is 0 Å². The Morgan fingerprint density at radius 3 is 3.00 bits per heavy atom. The summed E-state index contributed by atoms with van der Waals surface area (Å²) in [6.45, 7) is 4.47. The second kappa shape index (κ2) is 8.02. The van der Waals surface area contributed by atoms with Crippen LogP contribution >= 0.6 is 11.3 Å². The first-order valence-electron chi connectivity index (χ1n) is 9.85. The summed E-state index contributed by atoms with van der Waals surface area (Å²) in [5.74, 6) is 1.42. The monoisotopic (exact) mass is 409 g/mol. The molecular formula is C20H23N7OS. The molecule has 0 bridgehead atoms. The Labute approximate surface area is 172 Å². The van der Waals surface area contributed by atoms with Crippen LogP contribution in [0.2, 0.25) is 0 Å². The molecule has 1 aliphatic heterocycles. The summed E-state index contributed by atoms with van der Waals surface area (Å²) in [6.07, 6.45) is 1.93. The van der Waals surface area contributed by atoms with Crippen molar-refractivity contribution in [3.63, 3.8) is 0 Å². The Morgan fingerprint density at radius 2 is 2.14 bits per heavy atom. The van der Waals surface area contributed by atoms with Gasteiger partial charge in [-0.1, -0.05) is 35.4 Å². The molecule has 0 aliphatic carbocycles. The van der Waals surface area contributed by atoms with Crippen LogP contribution < -0.4 is 5.32 Å². The zero-order valence-electron chi connectivity index (χ0n) is 16.3. The first kappa shape index (κ1) is 18.4. The Balaban J connectivity index is 1.48. The van der Waals surface area contributed by atoms with Crippen molar-refractivity contribution >= 4 is 33.1 Å². The molecule has 3 aromatic heterocycles. The van der Waals surface area contributed by atoms with E-state index in [1.165, 1.54) is 21.4 Å². The third kappa shape index (κ3) is 3.57. The fourth-order valence-electron chi connectivity index (χ4n) is 3.90. The Morgan fingerprint density at radius 1 is 1.24 bits per heavy atom. The maximum Gasteiger partial charge on any atom is 0.276 e. The average molecular weight is 410 g/mol. The second-order valence-corrected chi connectivity index (χ2v) is 8.34. The molecule has 0 saturated carbocycles. The van der Waals surface area contributed by atoms with Gasteiger partial charge in [0.2, 0.25) is 0 Å². The number of ether oxygens (including phenoxy) is 1. The Bertz CT molecular complexity index is 1120. The van der Waals surface area contributed by atoms with E-state index >= 15 is 0 Å². The highest BCUT2D eigenvalue weighted by molar-refractivity contribution is 7.19. The van der Waals surface area contributed by atoms with Crippen LogP contribution in [-0.4, -0.2) is 56.7 Å². The van der Waals surface area contributed by atoms with Crippen LogP contribution in [0.4, 0.5) is 5.82 Å². The van der Waals surface area contributed by atoms with Crippen molar-refractivity contribution in [3.8, 4) is 0 Å². The van der Waals surface area contributed by atoms with Gasteiger partial charge in [0.15, 0.2) is 0 Å². The molecule has 150 valence electrons. The van der Waals surface area contributed by atoms with Gasteiger partial charge in [0, 0.05) is 44.8 Å². The summed E-state index contributed by atoms with van der Waals surface area (Å²) in [7, 11) is 1.72. The number of nitrogens with one attached hydrogen (secondary N) is 1. The fourth-order valence-corrected chi connectivity index (χ4v) is 5.24. The van der Waals surface area contributed by atoms with Crippen LogP contribution in [0.25, 0.3) is 16.0 Å². The number of nitrogens with zero attached hydrogens (tertiary/aromatic N) is 6. The standard InChI is InChI=1S/C20H23N7OS/c1-28-11-5-9-21-18-17-15-8-10-26(12-14-6-3-2-4-7-14)13-16(15)29-19(17)27-20(22-18)23-24-25-27/h2-4,6-7H,5,8-13H2,1H3,(H,21,22,23,25). The smallest absolute Gasteiger partial charge is 0.276 e. The van der Waals surface area contributed by atoms with Gasteiger partial charge in [0.1, 0.15) is 10.6 Å². The molecule has 29 heavy (non-hydrogen) atoms. The lowest BCUT2D eigenvalue weighted by Crippen LogP contribution is -2.29. The number of fused-ring (bicyclic) bond motifs is 5. The van der Waals surface area contributed by atoms with Crippen molar-refractivity contribution in [3.05, 3.63) is 46.3 Å². The predicted octanol–water partition coefficient (Wildman–Crippen LogP) is 2.74. The van der Waals surface area contributed by atoms with Gasteiger partial charge in [0.05, 0.1) is 5.39 Å². The molecular weight excluding hydrogens is 386 g/mol. The minimum absolute atomic E-state index is 0.534. The molecule has 0 amide bonds. The summed E-state index contributed by atoms with van der Waals surface area (Å²) in [4.78, 5) is 9.65. The fraction of sp³-hybridized carbons (Fsp3) is 0.400. The number of anilines is 1. The van der Waals surface area contributed by atoms with E-state index in [4.69, 9.17) is 9.72 Å². The van der Waals surface area contributed by atoms with Crippen LogP contribution in [0.3, 0.4) is 0 Å². The summed E-state index contributed by atoms with van der Waals surface area (Å²) in [5.41, 5.74) is 2.73. The van der Waals surface area contributed by atoms with Gasteiger partial charge < -0.3 is 10.1 Å². The van der Waals surface area contributed by atoms with Gasteiger partial charge in [-0.25, -0.2) is 0 Å². The number of rotatable bonds is 7. The van der Waals surface area contributed by atoms with E-state index in [-0.39, 0.29) is 0 Å². The first-order chi connectivity index (χ1) is 14.3. The molecule has 9 heteroatoms. The number of thiophene rings is 1. The minimum Gasteiger partial charge on any atom is -0.385 e. The molecule has 0 radical (unpaired) electrons. The first-order valence-corrected chi connectivity index (χ1v) is 10.7. The molecule has 1 N–H and O–H groups in total. The molecule has 0 fully saturated rings. The van der Waals surface area contributed by atoms with Crippen molar-refractivity contribution in [2.24, 2.45) is 0 Å². The maximum atomic E-state index is 5.16. The topological polar surface area (TPSA) is 80.5 Å². The summed E-state index contributed by atoms with van der Waals surface area (Å²) < 4.78 is 6.93. The molecule has 1 aliphatic rings. The highest BCUT2D eigenvalue weighted by atomic mass is 32.1. The van der Waals surface area contributed by atoms with Crippen LogP contribution in [0, 0.1) is 0 Å². The van der Waals surface area contributed by atoms with Crippen LogP contribution in [0.15, 0.2) is 30.3 Å². The highest BCUT2D eigenvalue weighted by Gasteiger charge is 2.25. The number of hydrogen-bond acceptors (Lipinski definition) is 8. The van der Waals surface area contributed by atoms with E-state index in [2.05, 4.69) is 56.1 Å². The Hall–Kier alpha value is -2.62. The van der Waals surface area contributed by atoms with Crippen LogP contribution in [0.5, 0.6) is 0 Å². The molecule has 1 aromatic carbocycles. The van der Waals surface area contributed by atoms with Crippen molar-refractivity contribution < 1.29 is 4.74 Å². The normalized spacial score (nSPS) is 14.5. The van der Waals surface area contributed by atoms with Gasteiger partial charge >= 0.3 is 0 Å². The van der Waals surface area contributed by atoms with Gasteiger partial charge in [-0.2, -0.15) is 9.50 Å².